The van der Waals surface area contributed by atoms with Crippen molar-refractivity contribution in [3.8, 4) is 11.5 Å². The fourth-order valence-electron chi connectivity index (χ4n) is 6.44. The van der Waals surface area contributed by atoms with E-state index in [0.717, 1.165) is 17.8 Å². The molecule has 6 nitrogen and oxygen atoms in total. The molecule has 0 radical (unpaired) electrons. The molecular formula is C24H34N2O4. The van der Waals surface area contributed by atoms with Crippen molar-refractivity contribution in [1.29, 1.82) is 0 Å². The lowest BCUT2D eigenvalue weighted by atomic mass is 9.48. The number of benzene rings is 1. The average molecular weight is 415 g/mol. The number of anilines is 1. The molecule has 0 saturated heterocycles. The van der Waals surface area contributed by atoms with Gasteiger partial charge >= 0.3 is 11.8 Å². The molecule has 1 aromatic carbocycles. The number of hydrogen-bond acceptors (Lipinski definition) is 4. The highest BCUT2D eigenvalue weighted by molar-refractivity contribution is 6.39. The van der Waals surface area contributed by atoms with Crippen molar-refractivity contribution in [2.24, 2.45) is 23.2 Å². The van der Waals surface area contributed by atoms with Crippen LogP contribution in [0, 0.1) is 23.2 Å². The van der Waals surface area contributed by atoms with Crippen molar-refractivity contribution >= 4 is 17.5 Å². The summed E-state index contributed by atoms with van der Waals surface area (Å²) in [5.41, 5.74) is 0.691. The Labute approximate surface area is 179 Å². The minimum Gasteiger partial charge on any atom is -0.490 e. The van der Waals surface area contributed by atoms with Crippen molar-refractivity contribution in [2.45, 2.75) is 65.3 Å². The summed E-state index contributed by atoms with van der Waals surface area (Å²) >= 11 is 0. The van der Waals surface area contributed by atoms with E-state index in [9.17, 15) is 9.59 Å². The van der Waals surface area contributed by atoms with Gasteiger partial charge in [0.05, 0.1) is 13.2 Å². The second-order valence-electron chi connectivity index (χ2n) is 9.46. The summed E-state index contributed by atoms with van der Waals surface area (Å²) in [6.07, 6.45) is 7.66. The number of amides is 2. The third kappa shape index (κ3) is 4.14. The zero-order chi connectivity index (χ0) is 21.3. The fraction of sp³-hybridized carbons (Fsp3) is 0.667. The molecule has 0 heterocycles. The fourth-order valence-corrected chi connectivity index (χ4v) is 6.44. The van der Waals surface area contributed by atoms with Crippen LogP contribution < -0.4 is 20.1 Å². The smallest absolute Gasteiger partial charge is 0.313 e. The van der Waals surface area contributed by atoms with Gasteiger partial charge in [0.1, 0.15) is 0 Å². The van der Waals surface area contributed by atoms with Gasteiger partial charge in [-0.1, -0.05) is 0 Å². The normalized spacial score (nSPS) is 29.9. The van der Waals surface area contributed by atoms with Gasteiger partial charge in [-0.25, -0.2) is 0 Å². The Balaban J connectivity index is 1.38. The van der Waals surface area contributed by atoms with Crippen molar-refractivity contribution in [2.75, 3.05) is 18.5 Å². The van der Waals surface area contributed by atoms with Crippen molar-refractivity contribution in [1.82, 2.24) is 5.32 Å². The highest BCUT2D eigenvalue weighted by Crippen LogP contribution is 2.61. The van der Waals surface area contributed by atoms with Crippen LogP contribution in [0.5, 0.6) is 11.5 Å². The van der Waals surface area contributed by atoms with Crippen LogP contribution in [-0.4, -0.2) is 31.1 Å². The molecule has 5 rings (SSSR count). The Hall–Kier alpha value is -2.24. The molecule has 2 amide bonds. The molecule has 1 unspecified atom stereocenters. The predicted molar refractivity (Wildman–Crippen MR) is 116 cm³/mol. The third-order valence-corrected chi connectivity index (χ3v) is 7.36. The van der Waals surface area contributed by atoms with Crippen LogP contribution in [0.1, 0.15) is 59.3 Å². The molecule has 1 aromatic rings. The zero-order valence-electron chi connectivity index (χ0n) is 18.3. The first-order chi connectivity index (χ1) is 14.4. The molecule has 4 fully saturated rings. The Morgan fingerprint density at radius 3 is 2.10 bits per heavy atom. The molecular weight excluding hydrogens is 380 g/mol. The third-order valence-electron chi connectivity index (χ3n) is 7.36. The van der Waals surface area contributed by atoms with Crippen LogP contribution >= 0.6 is 0 Å². The molecule has 0 spiro atoms. The number of ether oxygens (including phenoxy) is 2. The molecule has 4 aliphatic rings. The number of carbonyl (C=O) groups is 2. The molecule has 6 heteroatoms. The first-order valence-corrected chi connectivity index (χ1v) is 11.4. The van der Waals surface area contributed by atoms with Crippen LogP contribution in [0.3, 0.4) is 0 Å². The van der Waals surface area contributed by atoms with E-state index in [0.29, 0.717) is 30.4 Å². The highest BCUT2D eigenvalue weighted by Gasteiger charge is 2.53. The Bertz CT molecular complexity index is 771. The first-order valence-electron chi connectivity index (χ1n) is 11.4. The summed E-state index contributed by atoms with van der Waals surface area (Å²) in [4.78, 5) is 25.2. The van der Waals surface area contributed by atoms with E-state index >= 15 is 0 Å². The van der Waals surface area contributed by atoms with Crippen LogP contribution in [-0.2, 0) is 9.59 Å². The predicted octanol–water partition coefficient (Wildman–Crippen LogP) is 4.14. The van der Waals surface area contributed by atoms with Gasteiger partial charge in [-0.3, -0.25) is 9.59 Å². The SMILES string of the molecule is CCOc1ccc(NC(=O)C(=O)NC(C)C23CC4CC(CC(C4)C2)C3)cc1OCC. The summed E-state index contributed by atoms with van der Waals surface area (Å²) in [6, 6.07) is 5.19. The molecule has 164 valence electrons. The van der Waals surface area contributed by atoms with Gasteiger partial charge in [0.2, 0.25) is 0 Å². The van der Waals surface area contributed by atoms with E-state index in [4.69, 9.17) is 9.47 Å². The van der Waals surface area contributed by atoms with E-state index in [1.807, 2.05) is 13.8 Å². The Morgan fingerprint density at radius 2 is 1.53 bits per heavy atom. The molecule has 4 aliphatic carbocycles. The van der Waals surface area contributed by atoms with Gasteiger partial charge in [-0.2, -0.15) is 0 Å². The van der Waals surface area contributed by atoms with E-state index in [-0.39, 0.29) is 11.5 Å². The average Bonchev–Trinajstić information content (AvgIpc) is 2.69. The summed E-state index contributed by atoms with van der Waals surface area (Å²) in [5.74, 6) is 2.40. The van der Waals surface area contributed by atoms with Crippen LogP contribution in [0.15, 0.2) is 18.2 Å². The lowest BCUT2D eigenvalue weighted by Crippen LogP contribution is -2.57. The largest absolute Gasteiger partial charge is 0.490 e. The zero-order valence-corrected chi connectivity index (χ0v) is 18.3. The number of carbonyl (C=O) groups excluding carboxylic acids is 2. The number of nitrogens with one attached hydrogen (secondary N) is 2. The molecule has 0 aromatic heterocycles. The highest BCUT2D eigenvalue weighted by atomic mass is 16.5. The number of rotatable bonds is 7. The van der Waals surface area contributed by atoms with E-state index in [1.165, 1.54) is 38.5 Å². The van der Waals surface area contributed by atoms with E-state index < -0.39 is 11.8 Å². The molecule has 30 heavy (non-hydrogen) atoms. The molecule has 2 N–H and O–H groups in total. The maximum absolute atomic E-state index is 12.7. The molecule has 1 atom stereocenters. The van der Waals surface area contributed by atoms with Gasteiger partial charge in [0.25, 0.3) is 0 Å². The summed E-state index contributed by atoms with van der Waals surface area (Å²) < 4.78 is 11.1. The standard InChI is InChI=1S/C24H34N2O4/c1-4-29-20-7-6-19(11-21(20)30-5-2)26-23(28)22(27)25-15(3)24-12-16-8-17(13-24)10-18(9-16)14-24/h6-7,11,15-18H,4-5,8-10,12-14H2,1-3H3,(H,25,27)(H,26,28). The second-order valence-corrected chi connectivity index (χ2v) is 9.46. The summed E-state index contributed by atoms with van der Waals surface area (Å²) in [5, 5.41) is 5.72. The van der Waals surface area contributed by atoms with Crippen molar-refractivity contribution in [3.05, 3.63) is 18.2 Å². The van der Waals surface area contributed by atoms with E-state index in [2.05, 4.69) is 17.6 Å². The van der Waals surface area contributed by atoms with Gasteiger partial charge in [-0.05, 0) is 94.6 Å². The molecule has 0 aliphatic heterocycles. The Morgan fingerprint density at radius 1 is 0.967 bits per heavy atom. The second kappa shape index (κ2) is 8.48. The monoisotopic (exact) mass is 414 g/mol. The van der Waals surface area contributed by atoms with Gasteiger partial charge < -0.3 is 20.1 Å². The minimum absolute atomic E-state index is 0.0171. The summed E-state index contributed by atoms with van der Waals surface area (Å²) in [7, 11) is 0. The van der Waals surface area contributed by atoms with Crippen LogP contribution in [0.25, 0.3) is 0 Å². The van der Waals surface area contributed by atoms with Crippen LogP contribution in [0.4, 0.5) is 5.69 Å². The minimum atomic E-state index is -0.641. The molecule has 4 bridgehead atoms. The van der Waals surface area contributed by atoms with Crippen molar-refractivity contribution < 1.29 is 19.1 Å². The van der Waals surface area contributed by atoms with Gasteiger partial charge in [0.15, 0.2) is 11.5 Å². The van der Waals surface area contributed by atoms with Gasteiger partial charge in [-0.15, -0.1) is 0 Å². The maximum atomic E-state index is 12.7. The quantitative estimate of drug-likeness (QED) is 0.658. The van der Waals surface area contributed by atoms with Gasteiger partial charge in [0, 0.05) is 17.8 Å². The topological polar surface area (TPSA) is 76.7 Å². The van der Waals surface area contributed by atoms with E-state index in [1.54, 1.807) is 18.2 Å². The van der Waals surface area contributed by atoms with Crippen LogP contribution in [0.2, 0.25) is 0 Å². The maximum Gasteiger partial charge on any atom is 0.313 e. The Kier molecular flexibility index (Phi) is 5.94. The summed E-state index contributed by atoms with van der Waals surface area (Å²) in [6.45, 7) is 6.89. The number of hydrogen-bond donors (Lipinski definition) is 2. The molecule has 4 saturated carbocycles. The lowest BCUT2D eigenvalue weighted by molar-refractivity contribution is -0.138. The lowest BCUT2D eigenvalue weighted by Gasteiger charge is -2.59. The first kappa shape index (κ1) is 21.0. The van der Waals surface area contributed by atoms with Crippen molar-refractivity contribution in [3.63, 3.8) is 0 Å².